The summed E-state index contributed by atoms with van der Waals surface area (Å²) in [5, 5.41) is 8.80. The summed E-state index contributed by atoms with van der Waals surface area (Å²) >= 11 is 0. The van der Waals surface area contributed by atoms with E-state index in [0.29, 0.717) is 29.6 Å². The van der Waals surface area contributed by atoms with E-state index in [9.17, 15) is 9.59 Å². The standard InChI is InChI=1S/C23H27NO5/c1-2-28-21-15-19(8-9-20(21)29-16-22(25)26)23(27)24-12-10-18(11-13-24)14-17-6-4-3-5-7-17/h3-9,15,18H,2,10-14,16H2,1H3,(H,25,26). The number of benzene rings is 2. The maximum Gasteiger partial charge on any atom is 0.341 e. The van der Waals surface area contributed by atoms with Gasteiger partial charge in [0.1, 0.15) is 0 Å². The number of carbonyl (C=O) groups is 2. The second-order valence-corrected chi connectivity index (χ2v) is 7.20. The molecule has 154 valence electrons. The molecule has 0 radical (unpaired) electrons. The van der Waals surface area contributed by atoms with E-state index in [2.05, 4.69) is 24.3 Å². The normalized spacial score (nSPS) is 14.4. The van der Waals surface area contributed by atoms with Crippen molar-refractivity contribution < 1.29 is 24.2 Å². The van der Waals surface area contributed by atoms with Crippen LogP contribution in [0.25, 0.3) is 0 Å². The molecule has 2 aromatic rings. The van der Waals surface area contributed by atoms with Crippen LogP contribution in [-0.4, -0.2) is 48.2 Å². The monoisotopic (exact) mass is 397 g/mol. The van der Waals surface area contributed by atoms with Crippen LogP contribution in [0.3, 0.4) is 0 Å². The Morgan fingerprint density at radius 1 is 1.03 bits per heavy atom. The van der Waals surface area contributed by atoms with Crippen molar-refractivity contribution in [2.45, 2.75) is 26.2 Å². The molecule has 0 aromatic heterocycles. The molecule has 6 heteroatoms. The van der Waals surface area contributed by atoms with Crippen LogP contribution >= 0.6 is 0 Å². The molecule has 0 bridgehead atoms. The third-order valence-electron chi connectivity index (χ3n) is 5.11. The average Bonchev–Trinajstić information content (AvgIpc) is 2.74. The Hall–Kier alpha value is -3.02. The molecule has 1 saturated heterocycles. The Morgan fingerprint density at radius 3 is 2.41 bits per heavy atom. The smallest absolute Gasteiger partial charge is 0.341 e. The van der Waals surface area contributed by atoms with Crippen LogP contribution in [0, 0.1) is 5.92 Å². The summed E-state index contributed by atoms with van der Waals surface area (Å²) in [5.41, 5.74) is 1.87. The third-order valence-corrected chi connectivity index (χ3v) is 5.11. The van der Waals surface area contributed by atoms with Crippen LogP contribution in [0.1, 0.15) is 35.7 Å². The van der Waals surface area contributed by atoms with Gasteiger partial charge in [-0.2, -0.15) is 0 Å². The zero-order valence-corrected chi connectivity index (χ0v) is 16.7. The number of carboxylic acids is 1. The van der Waals surface area contributed by atoms with Gasteiger partial charge < -0.3 is 19.5 Å². The summed E-state index contributed by atoms with van der Waals surface area (Å²) in [7, 11) is 0. The minimum Gasteiger partial charge on any atom is -0.490 e. The van der Waals surface area contributed by atoms with Gasteiger partial charge in [-0.25, -0.2) is 4.79 Å². The molecule has 0 saturated carbocycles. The summed E-state index contributed by atoms with van der Waals surface area (Å²) in [6.45, 7) is 3.23. The molecule has 1 fully saturated rings. The predicted molar refractivity (Wildman–Crippen MR) is 110 cm³/mol. The second-order valence-electron chi connectivity index (χ2n) is 7.20. The number of carboxylic acid groups (broad SMARTS) is 1. The molecule has 3 rings (SSSR count). The lowest BCUT2D eigenvalue weighted by Crippen LogP contribution is -2.38. The lowest BCUT2D eigenvalue weighted by molar-refractivity contribution is -0.139. The number of ether oxygens (including phenoxy) is 2. The van der Waals surface area contributed by atoms with E-state index < -0.39 is 12.6 Å². The summed E-state index contributed by atoms with van der Waals surface area (Å²) in [5.74, 6) is 0.207. The Morgan fingerprint density at radius 2 is 1.76 bits per heavy atom. The topological polar surface area (TPSA) is 76.1 Å². The average molecular weight is 397 g/mol. The van der Waals surface area contributed by atoms with Gasteiger partial charge in [0, 0.05) is 18.7 Å². The largest absolute Gasteiger partial charge is 0.490 e. The van der Waals surface area contributed by atoms with Crippen LogP contribution in [0.15, 0.2) is 48.5 Å². The Balaban J connectivity index is 1.61. The fourth-order valence-corrected chi connectivity index (χ4v) is 3.64. The van der Waals surface area contributed by atoms with Gasteiger partial charge in [0.05, 0.1) is 6.61 Å². The molecule has 1 amide bonds. The quantitative estimate of drug-likeness (QED) is 0.736. The first-order valence-electron chi connectivity index (χ1n) is 10.0. The Kier molecular flexibility index (Phi) is 7.11. The van der Waals surface area contributed by atoms with Crippen LogP contribution in [0.5, 0.6) is 11.5 Å². The molecule has 29 heavy (non-hydrogen) atoms. The number of nitrogens with zero attached hydrogens (tertiary/aromatic N) is 1. The molecule has 1 aliphatic rings. The van der Waals surface area contributed by atoms with Crippen molar-refractivity contribution in [1.82, 2.24) is 4.90 Å². The van der Waals surface area contributed by atoms with E-state index in [-0.39, 0.29) is 5.91 Å². The SMILES string of the molecule is CCOc1cc(C(=O)N2CCC(Cc3ccccc3)CC2)ccc1OCC(=O)O. The van der Waals surface area contributed by atoms with Gasteiger partial charge in [-0.05, 0) is 55.9 Å². The van der Waals surface area contributed by atoms with Gasteiger partial charge >= 0.3 is 5.97 Å². The first kappa shape index (κ1) is 20.7. The van der Waals surface area contributed by atoms with E-state index in [1.165, 1.54) is 5.56 Å². The number of amides is 1. The zero-order chi connectivity index (χ0) is 20.6. The van der Waals surface area contributed by atoms with Crippen molar-refractivity contribution in [3.8, 4) is 11.5 Å². The van der Waals surface area contributed by atoms with Crippen molar-refractivity contribution in [2.75, 3.05) is 26.3 Å². The highest BCUT2D eigenvalue weighted by Crippen LogP contribution is 2.30. The number of hydrogen-bond acceptors (Lipinski definition) is 4. The molecular weight excluding hydrogens is 370 g/mol. The number of piperidine rings is 1. The molecule has 1 heterocycles. The summed E-state index contributed by atoms with van der Waals surface area (Å²) in [6, 6.07) is 15.4. The Labute approximate surface area is 171 Å². The zero-order valence-electron chi connectivity index (χ0n) is 16.7. The molecule has 6 nitrogen and oxygen atoms in total. The lowest BCUT2D eigenvalue weighted by Gasteiger charge is -2.32. The first-order valence-corrected chi connectivity index (χ1v) is 10.0. The van der Waals surface area contributed by atoms with Crippen molar-refractivity contribution in [1.29, 1.82) is 0 Å². The minimum absolute atomic E-state index is 0.0334. The molecule has 1 N–H and O–H groups in total. The molecule has 0 aliphatic carbocycles. The molecule has 2 aromatic carbocycles. The fourth-order valence-electron chi connectivity index (χ4n) is 3.64. The molecule has 0 unspecified atom stereocenters. The highest BCUT2D eigenvalue weighted by atomic mass is 16.5. The first-order chi connectivity index (χ1) is 14.1. The summed E-state index contributed by atoms with van der Waals surface area (Å²) < 4.78 is 10.8. The number of carbonyl (C=O) groups excluding carboxylic acids is 1. The minimum atomic E-state index is -1.06. The van der Waals surface area contributed by atoms with Gasteiger partial charge in [-0.3, -0.25) is 4.79 Å². The summed E-state index contributed by atoms with van der Waals surface area (Å²) in [6.07, 6.45) is 3.02. The van der Waals surface area contributed by atoms with Crippen molar-refractivity contribution >= 4 is 11.9 Å². The van der Waals surface area contributed by atoms with Crippen molar-refractivity contribution in [3.63, 3.8) is 0 Å². The van der Waals surface area contributed by atoms with Crippen molar-refractivity contribution in [3.05, 3.63) is 59.7 Å². The van der Waals surface area contributed by atoms with Gasteiger partial charge in [0.2, 0.25) is 0 Å². The van der Waals surface area contributed by atoms with E-state index in [0.717, 1.165) is 32.4 Å². The van der Waals surface area contributed by atoms with E-state index in [4.69, 9.17) is 14.6 Å². The van der Waals surface area contributed by atoms with Gasteiger partial charge in [-0.1, -0.05) is 30.3 Å². The van der Waals surface area contributed by atoms with E-state index >= 15 is 0 Å². The van der Waals surface area contributed by atoms with E-state index in [1.54, 1.807) is 18.2 Å². The molecule has 1 aliphatic heterocycles. The number of rotatable bonds is 8. The van der Waals surface area contributed by atoms with Gasteiger partial charge in [0.15, 0.2) is 18.1 Å². The number of aliphatic carboxylic acids is 1. The molecule has 0 atom stereocenters. The van der Waals surface area contributed by atoms with Crippen LogP contribution in [0.4, 0.5) is 0 Å². The molecule has 0 spiro atoms. The number of hydrogen-bond donors (Lipinski definition) is 1. The molecular formula is C23H27NO5. The van der Waals surface area contributed by atoms with Gasteiger partial charge in [-0.15, -0.1) is 0 Å². The highest BCUT2D eigenvalue weighted by molar-refractivity contribution is 5.95. The van der Waals surface area contributed by atoms with Crippen molar-refractivity contribution in [2.24, 2.45) is 5.92 Å². The number of likely N-dealkylation sites (tertiary alicyclic amines) is 1. The maximum atomic E-state index is 12.9. The van der Waals surface area contributed by atoms with E-state index in [1.807, 2.05) is 17.9 Å². The predicted octanol–water partition coefficient (Wildman–Crippen LogP) is 3.64. The fraction of sp³-hybridized carbons (Fsp3) is 0.391. The highest BCUT2D eigenvalue weighted by Gasteiger charge is 2.24. The van der Waals surface area contributed by atoms with Gasteiger partial charge in [0.25, 0.3) is 5.91 Å². The Bertz CT molecular complexity index is 828. The van der Waals surface area contributed by atoms with Crippen LogP contribution in [-0.2, 0) is 11.2 Å². The lowest BCUT2D eigenvalue weighted by atomic mass is 9.90. The van der Waals surface area contributed by atoms with Crippen LogP contribution in [0.2, 0.25) is 0 Å². The van der Waals surface area contributed by atoms with Crippen LogP contribution < -0.4 is 9.47 Å². The second kappa shape index (κ2) is 9.96. The maximum absolute atomic E-state index is 12.9. The third kappa shape index (κ3) is 5.73. The summed E-state index contributed by atoms with van der Waals surface area (Å²) in [4.78, 5) is 25.6.